The third-order valence-corrected chi connectivity index (χ3v) is 16.4. The summed E-state index contributed by atoms with van der Waals surface area (Å²) in [6.07, 6.45) is 83.2. The van der Waals surface area contributed by atoms with Gasteiger partial charge in [0.15, 0.2) is 6.10 Å². The summed E-state index contributed by atoms with van der Waals surface area (Å²) in [7, 11) is -9.80. The van der Waals surface area contributed by atoms with E-state index >= 15 is 0 Å². The molecule has 0 saturated heterocycles. The van der Waals surface area contributed by atoms with Crippen molar-refractivity contribution in [3.05, 3.63) is 146 Å². The van der Waals surface area contributed by atoms with Crippen molar-refractivity contribution in [2.24, 2.45) is 0 Å². The second kappa shape index (κ2) is 69.3. The molecule has 5 unspecified atom stereocenters. The lowest BCUT2D eigenvalue weighted by atomic mass is 10.1. The number of carbonyl (C=O) groups excluding carboxylic acids is 3. The Balaban J connectivity index is 4.65. The fourth-order valence-electron chi connectivity index (χ4n) is 9.06. The normalized spacial score (nSPS) is 15.0. The van der Waals surface area contributed by atoms with Crippen molar-refractivity contribution in [2.75, 3.05) is 39.6 Å². The van der Waals surface area contributed by atoms with E-state index in [0.717, 1.165) is 186 Å². The highest BCUT2D eigenvalue weighted by molar-refractivity contribution is 7.47. The molecule has 4 N–H and O–H groups in total. The Bertz CT molecular complexity index is 2310. The second-order valence-corrected chi connectivity index (χ2v) is 26.5. The van der Waals surface area contributed by atoms with Gasteiger partial charge in [0.05, 0.1) is 26.4 Å². The van der Waals surface area contributed by atoms with Gasteiger partial charge in [-0.1, -0.05) is 250 Å². The maximum absolute atomic E-state index is 12.9. The third-order valence-electron chi connectivity index (χ3n) is 14.5. The van der Waals surface area contributed by atoms with Gasteiger partial charge in [-0.2, -0.15) is 0 Å². The van der Waals surface area contributed by atoms with Gasteiger partial charge in [-0.15, -0.1) is 0 Å². The van der Waals surface area contributed by atoms with Gasteiger partial charge >= 0.3 is 33.6 Å². The number of phosphoric acid groups is 2. The summed E-state index contributed by atoms with van der Waals surface area (Å²) in [5.41, 5.74) is 0. The van der Waals surface area contributed by atoms with E-state index in [2.05, 4.69) is 167 Å². The van der Waals surface area contributed by atoms with Crippen molar-refractivity contribution in [3.8, 4) is 0 Å². The molecule has 0 heterocycles. The second-order valence-electron chi connectivity index (χ2n) is 23.6. The molecule has 0 aliphatic carbocycles. The fraction of sp³-hybridized carbons (Fsp3) is 0.649. The highest BCUT2D eigenvalue weighted by atomic mass is 31.2. The van der Waals surface area contributed by atoms with Crippen molar-refractivity contribution in [2.45, 2.75) is 283 Å². The molecule has 0 amide bonds. The Kier molecular flexibility index (Phi) is 66.0. The standard InChI is InChI=1S/C77H128O16P2/c1-4-7-10-13-16-19-22-25-28-30-32-33-34-35-36-37-39-41-43-45-48-51-54-57-60-63-75(80)87-66-72(78)67-89-94(83,84)90-68-73(79)69-91-95(85,86)92-71-74(93-77(82)65-62-59-56-53-50-47-42-27-24-21-18-15-12-9-6-3)70-88-76(81)64-61-58-55-52-49-46-44-40-38-31-29-26-23-20-17-14-11-8-5-2/h7,9-10,12,16-21,25-29,32-33,35-36,38-42,72-74,78-79H,4-6,8,11,13-15,22-24,30-31,34,37,43-71H2,1-3H3,(H,83,84)(H,85,86)/b10-7-,12-9-,19-16-,20-17-,21-18-,28-25-,29-26-,33-32-,36-35-,40-38-,41-39-,42-27-. The van der Waals surface area contributed by atoms with Crippen LogP contribution in [0, 0.1) is 0 Å². The molecule has 16 nitrogen and oxygen atoms in total. The summed E-state index contributed by atoms with van der Waals surface area (Å²) in [6, 6.07) is 0. The number of phosphoric ester groups is 2. The summed E-state index contributed by atoms with van der Waals surface area (Å²) in [6.45, 7) is 2.35. The highest BCUT2D eigenvalue weighted by Gasteiger charge is 2.29. The number of aliphatic hydroxyl groups excluding tert-OH is 2. The van der Waals surface area contributed by atoms with Crippen molar-refractivity contribution >= 4 is 33.6 Å². The van der Waals surface area contributed by atoms with Crippen LogP contribution in [-0.4, -0.2) is 95.9 Å². The van der Waals surface area contributed by atoms with E-state index < -0.39 is 91.5 Å². The van der Waals surface area contributed by atoms with Gasteiger partial charge in [0, 0.05) is 19.3 Å². The maximum atomic E-state index is 12.9. The van der Waals surface area contributed by atoms with E-state index in [4.69, 9.17) is 32.3 Å². The van der Waals surface area contributed by atoms with Gasteiger partial charge in [-0.25, -0.2) is 9.13 Å². The summed E-state index contributed by atoms with van der Waals surface area (Å²) < 4.78 is 61.0. The molecule has 0 saturated carbocycles. The topological polar surface area (TPSA) is 231 Å². The SMILES string of the molecule is CC/C=C\C/C=C\C/C=C\C/C=C\C/C=C\C/C=C\CCCCCCCCC(=O)OCC(O)COP(=O)(O)OCC(O)COP(=O)(O)OCC(COC(=O)CCCCCCCC/C=C\C/C=C\C/C=C\CCCCC)OC(=O)CCCCCCC/C=C\C/C=C\C/C=C\CC. The van der Waals surface area contributed by atoms with Crippen LogP contribution in [0.4, 0.5) is 0 Å². The minimum Gasteiger partial charge on any atom is -0.463 e. The average molecular weight is 1370 g/mol. The Morgan fingerprint density at radius 1 is 0.305 bits per heavy atom. The molecule has 0 fully saturated rings. The molecule has 18 heteroatoms. The number of esters is 3. The zero-order chi connectivity index (χ0) is 69.5. The predicted octanol–water partition coefficient (Wildman–Crippen LogP) is 20.5. The smallest absolute Gasteiger partial charge is 0.463 e. The lowest BCUT2D eigenvalue weighted by Crippen LogP contribution is -2.30. The minimum atomic E-state index is -4.94. The van der Waals surface area contributed by atoms with Crippen LogP contribution in [0.15, 0.2) is 146 Å². The molecular weight excluding hydrogens is 1240 g/mol. The van der Waals surface area contributed by atoms with Crippen molar-refractivity contribution in [1.82, 2.24) is 0 Å². The van der Waals surface area contributed by atoms with E-state index in [0.29, 0.717) is 19.3 Å². The average Bonchev–Trinajstić information content (AvgIpc) is 2.24. The lowest BCUT2D eigenvalue weighted by molar-refractivity contribution is -0.161. The molecule has 0 radical (unpaired) electrons. The summed E-state index contributed by atoms with van der Waals surface area (Å²) >= 11 is 0. The van der Waals surface area contributed by atoms with Crippen LogP contribution in [-0.2, 0) is 55.8 Å². The van der Waals surface area contributed by atoms with Gasteiger partial charge in [0.2, 0.25) is 0 Å². The van der Waals surface area contributed by atoms with Crippen LogP contribution in [0.5, 0.6) is 0 Å². The van der Waals surface area contributed by atoms with Crippen LogP contribution in [0.3, 0.4) is 0 Å². The molecule has 0 aromatic carbocycles. The number of rotatable bonds is 67. The first-order chi connectivity index (χ1) is 46.2. The number of allylic oxidation sites excluding steroid dienone is 24. The fourth-order valence-corrected chi connectivity index (χ4v) is 10.6. The number of carbonyl (C=O) groups is 3. The molecule has 0 aromatic heterocycles. The quantitative estimate of drug-likeness (QED) is 0.0146. The number of ether oxygens (including phenoxy) is 3. The van der Waals surface area contributed by atoms with E-state index in [1.54, 1.807) is 0 Å². The zero-order valence-corrected chi connectivity index (χ0v) is 60.6. The number of hydrogen-bond donors (Lipinski definition) is 4. The molecule has 0 aliphatic rings. The minimum absolute atomic E-state index is 0.0776. The van der Waals surface area contributed by atoms with Gasteiger partial charge in [-0.05, 0) is 141 Å². The molecule has 0 aliphatic heterocycles. The Morgan fingerprint density at radius 2 is 0.558 bits per heavy atom. The number of aliphatic hydroxyl groups is 2. The molecule has 0 bridgehead atoms. The Hall–Kier alpha value is -4.57. The Morgan fingerprint density at radius 3 is 0.884 bits per heavy atom. The number of hydrogen-bond acceptors (Lipinski definition) is 14. The van der Waals surface area contributed by atoms with Crippen molar-refractivity contribution in [1.29, 1.82) is 0 Å². The number of unbranched alkanes of at least 4 members (excludes halogenated alkanes) is 20. The first kappa shape index (κ1) is 90.4. The van der Waals surface area contributed by atoms with Crippen LogP contribution >= 0.6 is 15.6 Å². The van der Waals surface area contributed by atoms with E-state index in [9.17, 15) is 43.5 Å². The lowest BCUT2D eigenvalue weighted by Gasteiger charge is -2.21. The maximum Gasteiger partial charge on any atom is 0.472 e. The van der Waals surface area contributed by atoms with Crippen molar-refractivity contribution < 1.29 is 75.8 Å². The Labute approximate surface area is 575 Å². The van der Waals surface area contributed by atoms with E-state index in [1.165, 1.54) is 19.3 Å². The van der Waals surface area contributed by atoms with Gasteiger partial charge in [0.1, 0.15) is 25.4 Å². The largest absolute Gasteiger partial charge is 0.472 e. The predicted molar refractivity (Wildman–Crippen MR) is 389 cm³/mol. The monoisotopic (exact) mass is 1370 g/mol. The molecule has 0 rings (SSSR count). The van der Waals surface area contributed by atoms with E-state index in [1.807, 2.05) is 0 Å². The van der Waals surface area contributed by atoms with Crippen LogP contribution in [0.2, 0.25) is 0 Å². The molecule has 0 spiro atoms. The van der Waals surface area contributed by atoms with Crippen LogP contribution in [0.25, 0.3) is 0 Å². The van der Waals surface area contributed by atoms with Gasteiger partial charge in [0.25, 0.3) is 0 Å². The zero-order valence-electron chi connectivity index (χ0n) is 58.8. The van der Waals surface area contributed by atoms with Gasteiger partial charge in [-0.3, -0.25) is 32.5 Å². The summed E-state index contributed by atoms with van der Waals surface area (Å²) in [5.74, 6) is -1.63. The van der Waals surface area contributed by atoms with Crippen LogP contribution in [0.1, 0.15) is 265 Å². The van der Waals surface area contributed by atoms with Gasteiger partial charge < -0.3 is 34.2 Å². The molecule has 95 heavy (non-hydrogen) atoms. The molecule has 0 aromatic rings. The van der Waals surface area contributed by atoms with E-state index in [-0.39, 0.29) is 19.3 Å². The van der Waals surface area contributed by atoms with Crippen molar-refractivity contribution in [3.63, 3.8) is 0 Å². The molecular formula is C77H128O16P2. The highest BCUT2D eigenvalue weighted by Crippen LogP contribution is 2.45. The third kappa shape index (κ3) is 70.6. The molecule has 542 valence electrons. The summed E-state index contributed by atoms with van der Waals surface area (Å²) in [4.78, 5) is 58.5. The first-order valence-electron chi connectivity index (χ1n) is 36.1. The summed E-state index contributed by atoms with van der Waals surface area (Å²) in [5, 5.41) is 20.6. The first-order valence-corrected chi connectivity index (χ1v) is 39.1. The van der Waals surface area contributed by atoms with Crippen LogP contribution < -0.4 is 0 Å². The molecule has 5 atom stereocenters.